The molecule has 23 heavy (non-hydrogen) atoms. The van der Waals surface area contributed by atoms with Crippen LogP contribution in [0.4, 0.5) is 5.82 Å². The van der Waals surface area contributed by atoms with Crippen molar-refractivity contribution in [2.75, 3.05) is 31.1 Å². The van der Waals surface area contributed by atoms with Crippen molar-refractivity contribution in [3.05, 3.63) is 17.8 Å². The largest absolute Gasteiger partial charge is 0.352 e. The molecule has 1 saturated heterocycles. The van der Waals surface area contributed by atoms with E-state index in [1.165, 1.54) is 0 Å². The third-order valence-corrected chi connectivity index (χ3v) is 5.84. The molecule has 0 bridgehead atoms. The predicted molar refractivity (Wildman–Crippen MR) is 91.5 cm³/mol. The van der Waals surface area contributed by atoms with Crippen molar-refractivity contribution in [3.63, 3.8) is 0 Å². The van der Waals surface area contributed by atoms with E-state index in [2.05, 4.69) is 14.9 Å². The molecule has 2 aromatic heterocycles. The Morgan fingerprint density at radius 1 is 1.22 bits per heavy atom. The van der Waals surface area contributed by atoms with Crippen LogP contribution in [-0.2, 0) is 4.79 Å². The number of amides is 1. The van der Waals surface area contributed by atoms with E-state index >= 15 is 0 Å². The number of carbonyl (C=O) groups excluding carboxylic acids is 1. The zero-order valence-electron chi connectivity index (χ0n) is 13.0. The Balaban J connectivity index is 1.43. The summed E-state index contributed by atoms with van der Waals surface area (Å²) in [6.45, 7) is 3.19. The van der Waals surface area contributed by atoms with Gasteiger partial charge in [0.1, 0.15) is 12.1 Å². The van der Waals surface area contributed by atoms with Crippen molar-refractivity contribution in [2.45, 2.75) is 25.3 Å². The van der Waals surface area contributed by atoms with E-state index in [9.17, 15) is 4.79 Å². The molecule has 1 aliphatic heterocycles. The number of hydrogen-bond acceptors (Lipinski definition) is 6. The Labute approximate surface area is 139 Å². The van der Waals surface area contributed by atoms with Crippen molar-refractivity contribution in [3.8, 4) is 0 Å². The fourth-order valence-electron chi connectivity index (χ4n) is 3.64. The first kappa shape index (κ1) is 14.8. The van der Waals surface area contributed by atoms with E-state index in [0.717, 1.165) is 61.5 Å². The molecule has 1 aliphatic carbocycles. The van der Waals surface area contributed by atoms with Gasteiger partial charge in [0.2, 0.25) is 5.91 Å². The van der Waals surface area contributed by atoms with Gasteiger partial charge in [0.15, 0.2) is 0 Å². The number of aromatic nitrogens is 2. The maximum Gasteiger partial charge on any atom is 0.225 e. The summed E-state index contributed by atoms with van der Waals surface area (Å²) in [5.41, 5.74) is 6.94. The maximum absolute atomic E-state index is 12.6. The first-order chi connectivity index (χ1) is 11.2. The number of thiophene rings is 1. The van der Waals surface area contributed by atoms with Gasteiger partial charge < -0.3 is 15.5 Å². The number of fused-ring (bicyclic) bond motifs is 1. The standard InChI is InChI=1S/C16H21N5OS/c17-12-2-1-11(9-12)16(22)21-6-4-20(5-7-21)15-14-13(3-8-23-14)18-10-19-15/h3,8,10-12H,1-2,4-7,9,17H2. The number of nitrogens with zero attached hydrogens (tertiary/aromatic N) is 4. The van der Waals surface area contributed by atoms with Crippen LogP contribution in [0.1, 0.15) is 19.3 Å². The van der Waals surface area contributed by atoms with Gasteiger partial charge in [-0.25, -0.2) is 9.97 Å². The average molecular weight is 331 g/mol. The van der Waals surface area contributed by atoms with Crippen LogP contribution in [0.5, 0.6) is 0 Å². The normalized spacial score (nSPS) is 25.3. The molecule has 2 aliphatic rings. The fourth-order valence-corrected chi connectivity index (χ4v) is 4.50. The number of hydrogen-bond donors (Lipinski definition) is 1. The third-order valence-electron chi connectivity index (χ3n) is 4.94. The van der Waals surface area contributed by atoms with E-state index in [4.69, 9.17) is 5.73 Å². The molecule has 122 valence electrons. The number of carbonyl (C=O) groups is 1. The quantitative estimate of drug-likeness (QED) is 0.902. The predicted octanol–water partition coefficient (Wildman–Crippen LogP) is 1.47. The smallest absolute Gasteiger partial charge is 0.225 e. The molecule has 2 unspecified atom stereocenters. The minimum absolute atomic E-state index is 0.139. The molecule has 0 aromatic carbocycles. The van der Waals surface area contributed by atoms with Crippen LogP contribution in [-0.4, -0.2) is 53.0 Å². The lowest BCUT2D eigenvalue weighted by Crippen LogP contribution is -2.50. The summed E-state index contributed by atoms with van der Waals surface area (Å²) >= 11 is 1.67. The number of piperazine rings is 1. The molecule has 0 spiro atoms. The molecule has 1 amide bonds. The highest BCUT2D eigenvalue weighted by atomic mass is 32.1. The molecule has 2 N–H and O–H groups in total. The van der Waals surface area contributed by atoms with Crippen LogP contribution in [0.25, 0.3) is 10.2 Å². The summed E-state index contributed by atoms with van der Waals surface area (Å²) in [6.07, 6.45) is 4.40. The summed E-state index contributed by atoms with van der Waals surface area (Å²) in [5, 5.41) is 2.05. The van der Waals surface area contributed by atoms with Gasteiger partial charge in [0.05, 0.1) is 10.2 Å². The number of nitrogens with two attached hydrogens (primary N) is 1. The van der Waals surface area contributed by atoms with Crippen molar-refractivity contribution in [2.24, 2.45) is 11.7 Å². The number of rotatable bonds is 2. The van der Waals surface area contributed by atoms with Crippen molar-refractivity contribution >= 4 is 33.3 Å². The summed E-state index contributed by atoms with van der Waals surface area (Å²) in [6, 6.07) is 2.23. The zero-order chi connectivity index (χ0) is 15.8. The summed E-state index contributed by atoms with van der Waals surface area (Å²) < 4.78 is 1.13. The van der Waals surface area contributed by atoms with E-state index in [1.54, 1.807) is 17.7 Å². The lowest BCUT2D eigenvalue weighted by Gasteiger charge is -2.36. The highest BCUT2D eigenvalue weighted by Gasteiger charge is 2.32. The van der Waals surface area contributed by atoms with E-state index < -0.39 is 0 Å². The highest BCUT2D eigenvalue weighted by molar-refractivity contribution is 7.17. The van der Waals surface area contributed by atoms with Crippen LogP contribution in [0.2, 0.25) is 0 Å². The molecule has 2 aromatic rings. The van der Waals surface area contributed by atoms with Crippen LogP contribution in [0.3, 0.4) is 0 Å². The second kappa shape index (κ2) is 6.05. The maximum atomic E-state index is 12.6. The molecular formula is C16H21N5OS. The molecule has 4 rings (SSSR count). The van der Waals surface area contributed by atoms with E-state index in [1.807, 2.05) is 16.3 Å². The summed E-state index contributed by atoms with van der Waals surface area (Å²) in [7, 11) is 0. The minimum Gasteiger partial charge on any atom is -0.352 e. The zero-order valence-corrected chi connectivity index (χ0v) is 13.8. The molecular weight excluding hydrogens is 310 g/mol. The van der Waals surface area contributed by atoms with Gasteiger partial charge in [-0.3, -0.25) is 4.79 Å². The Kier molecular flexibility index (Phi) is 3.90. The lowest BCUT2D eigenvalue weighted by atomic mass is 10.1. The number of anilines is 1. The molecule has 7 heteroatoms. The second-order valence-electron chi connectivity index (χ2n) is 6.41. The first-order valence-corrected chi connectivity index (χ1v) is 9.08. The molecule has 2 fully saturated rings. The second-order valence-corrected chi connectivity index (χ2v) is 7.33. The topological polar surface area (TPSA) is 75.4 Å². The molecule has 3 heterocycles. The van der Waals surface area contributed by atoms with Gasteiger partial charge in [-0.15, -0.1) is 11.3 Å². The van der Waals surface area contributed by atoms with Crippen LogP contribution in [0.15, 0.2) is 17.8 Å². The summed E-state index contributed by atoms with van der Waals surface area (Å²) in [4.78, 5) is 25.6. The minimum atomic E-state index is 0.139. The fraction of sp³-hybridized carbons (Fsp3) is 0.562. The van der Waals surface area contributed by atoms with Crippen LogP contribution >= 0.6 is 11.3 Å². The lowest BCUT2D eigenvalue weighted by molar-refractivity contribution is -0.135. The Morgan fingerprint density at radius 2 is 2.04 bits per heavy atom. The Bertz CT molecular complexity index is 709. The van der Waals surface area contributed by atoms with Gasteiger partial charge in [-0.2, -0.15) is 0 Å². The van der Waals surface area contributed by atoms with Crippen molar-refractivity contribution in [1.29, 1.82) is 0 Å². The van der Waals surface area contributed by atoms with Gasteiger partial charge in [0.25, 0.3) is 0 Å². The highest BCUT2D eigenvalue weighted by Crippen LogP contribution is 2.30. The first-order valence-electron chi connectivity index (χ1n) is 8.20. The van der Waals surface area contributed by atoms with E-state index in [0.29, 0.717) is 5.91 Å². The van der Waals surface area contributed by atoms with Crippen LogP contribution in [0, 0.1) is 5.92 Å². The average Bonchev–Trinajstić information content (AvgIpc) is 3.22. The summed E-state index contributed by atoms with van der Waals surface area (Å²) in [5.74, 6) is 1.43. The van der Waals surface area contributed by atoms with Crippen molar-refractivity contribution < 1.29 is 4.79 Å². The van der Waals surface area contributed by atoms with Crippen LogP contribution < -0.4 is 10.6 Å². The molecule has 0 radical (unpaired) electrons. The van der Waals surface area contributed by atoms with E-state index in [-0.39, 0.29) is 12.0 Å². The van der Waals surface area contributed by atoms with Gasteiger partial charge >= 0.3 is 0 Å². The van der Waals surface area contributed by atoms with Gasteiger partial charge in [0, 0.05) is 38.1 Å². The molecule has 6 nitrogen and oxygen atoms in total. The Hall–Kier alpha value is -1.73. The van der Waals surface area contributed by atoms with Crippen molar-refractivity contribution in [1.82, 2.24) is 14.9 Å². The molecule has 1 saturated carbocycles. The Morgan fingerprint density at radius 3 is 2.78 bits per heavy atom. The molecule has 2 atom stereocenters. The van der Waals surface area contributed by atoms with Gasteiger partial charge in [-0.1, -0.05) is 0 Å². The van der Waals surface area contributed by atoms with Gasteiger partial charge in [-0.05, 0) is 30.7 Å². The third kappa shape index (κ3) is 2.79. The SMILES string of the molecule is NC1CCC(C(=O)N2CCN(c3ncnc4ccsc34)CC2)C1. The monoisotopic (exact) mass is 331 g/mol.